The number of carbonyl (C=O) groups is 1. The number of rotatable bonds is 10. The summed E-state index contributed by atoms with van der Waals surface area (Å²) in [5, 5.41) is 7.08. The first kappa shape index (κ1) is 20.9. The van der Waals surface area contributed by atoms with E-state index in [0.29, 0.717) is 30.6 Å². The van der Waals surface area contributed by atoms with Crippen LogP contribution >= 0.6 is 12.4 Å². The smallest absolute Gasteiger partial charge is 0.227 e. The first-order valence-electron chi connectivity index (χ1n) is 7.87. The van der Waals surface area contributed by atoms with Crippen molar-refractivity contribution >= 4 is 18.3 Å². The molecule has 0 aliphatic carbocycles. The third-order valence-electron chi connectivity index (χ3n) is 3.38. The van der Waals surface area contributed by atoms with Gasteiger partial charge < -0.3 is 14.7 Å². The lowest BCUT2D eigenvalue weighted by atomic mass is 10.2. The normalized spacial score (nSPS) is 11.8. The van der Waals surface area contributed by atoms with Crippen molar-refractivity contribution in [1.29, 1.82) is 0 Å². The van der Waals surface area contributed by atoms with Gasteiger partial charge in [0, 0.05) is 38.4 Å². The molecule has 1 unspecified atom stereocenters. The monoisotopic (exact) mass is 332 g/mol. The molecule has 1 aromatic rings. The number of carbonyl (C=O) groups excluding carboxylic acids is 1. The Balaban J connectivity index is 0.00000441. The number of aromatic nitrogens is 2. The third kappa shape index (κ3) is 7.22. The van der Waals surface area contributed by atoms with Crippen molar-refractivity contribution in [3.8, 4) is 0 Å². The van der Waals surface area contributed by atoms with E-state index in [1.54, 1.807) is 0 Å². The fraction of sp³-hybridized carbons (Fsp3) is 0.800. The molecule has 7 heteroatoms. The van der Waals surface area contributed by atoms with Gasteiger partial charge in [-0.25, -0.2) is 0 Å². The zero-order chi connectivity index (χ0) is 15.7. The Morgan fingerprint density at radius 1 is 1.32 bits per heavy atom. The molecule has 0 radical (unpaired) electrons. The van der Waals surface area contributed by atoms with Crippen LogP contribution < -0.4 is 5.32 Å². The molecule has 6 nitrogen and oxygen atoms in total. The molecular formula is C15H29ClN4O2. The second kappa shape index (κ2) is 11.4. The number of nitrogens with zero attached hydrogens (tertiary/aromatic N) is 3. The summed E-state index contributed by atoms with van der Waals surface area (Å²) in [7, 11) is 1.90. The largest absolute Gasteiger partial charge is 0.343 e. The van der Waals surface area contributed by atoms with Crippen molar-refractivity contribution in [3.63, 3.8) is 0 Å². The first-order valence-corrected chi connectivity index (χ1v) is 7.87. The van der Waals surface area contributed by atoms with Gasteiger partial charge in [0.2, 0.25) is 11.8 Å². The van der Waals surface area contributed by atoms with Gasteiger partial charge >= 0.3 is 0 Å². The lowest BCUT2D eigenvalue weighted by Crippen LogP contribution is -2.32. The van der Waals surface area contributed by atoms with Crippen molar-refractivity contribution in [3.05, 3.63) is 11.7 Å². The summed E-state index contributed by atoms with van der Waals surface area (Å²) in [5.41, 5.74) is 0. The predicted octanol–water partition coefficient (Wildman–Crippen LogP) is 2.22. The topological polar surface area (TPSA) is 71.3 Å². The second-order valence-electron chi connectivity index (χ2n) is 5.38. The summed E-state index contributed by atoms with van der Waals surface area (Å²) in [6.07, 6.45) is 3.65. The minimum Gasteiger partial charge on any atom is -0.343 e. The van der Waals surface area contributed by atoms with Crippen LogP contribution in [0.5, 0.6) is 0 Å². The Bertz CT molecular complexity index is 419. The highest BCUT2D eigenvalue weighted by Crippen LogP contribution is 2.06. The lowest BCUT2D eigenvalue weighted by molar-refractivity contribution is -0.131. The van der Waals surface area contributed by atoms with Gasteiger partial charge in [0.15, 0.2) is 5.82 Å². The van der Waals surface area contributed by atoms with E-state index in [4.69, 9.17) is 4.52 Å². The number of likely N-dealkylation sites (N-methyl/N-ethyl adjacent to an activating group) is 1. The molecule has 1 atom stereocenters. The highest BCUT2D eigenvalue weighted by atomic mass is 35.5. The Labute approximate surface area is 139 Å². The summed E-state index contributed by atoms with van der Waals surface area (Å²) in [4.78, 5) is 18.4. The standard InChI is InChI=1S/C15H28N4O2.ClH/c1-5-9-19(10-6-2)15(20)8-7-14-17-13(18-21-14)11-12(3)16-4;/h12,16H,5-11H2,1-4H3;1H. The maximum atomic E-state index is 12.2. The summed E-state index contributed by atoms with van der Waals surface area (Å²) < 4.78 is 5.20. The molecule has 0 saturated carbocycles. The minimum atomic E-state index is 0. The molecule has 0 aromatic carbocycles. The van der Waals surface area contributed by atoms with Gasteiger partial charge in [0.1, 0.15) is 0 Å². The summed E-state index contributed by atoms with van der Waals surface area (Å²) >= 11 is 0. The molecule has 1 amide bonds. The summed E-state index contributed by atoms with van der Waals surface area (Å²) in [6.45, 7) is 7.88. The molecule has 0 fully saturated rings. The zero-order valence-electron chi connectivity index (χ0n) is 14.1. The van der Waals surface area contributed by atoms with Crippen LogP contribution in [0.15, 0.2) is 4.52 Å². The molecule has 1 heterocycles. The Kier molecular flexibility index (Phi) is 10.8. The van der Waals surface area contributed by atoms with E-state index in [9.17, 15) is 4.79 Å². The summed E-state index contributed by atoms with van der Waals surface area (Å²) in [6, 6.07) is 0.307. The highest BCUT2D eigenvalue weighted by Gasteiger charge is 2.14. The van der Waals surface area contributed by atoms with Gasteiger partial charge in [-0.2, -0.15) is 4.98 Å². The molecule has 1 aromatic heterocycles. The van der Waals surface area contributed by atoms with Crippen LogP contribution in [0.4, 0.5) is 0 Å². The van der Waals surface area contributed by atoms with Crippen LogP contribution in [0.2, 0.25) is 0 Å². The van der Waals surface area contributed by atoms with E-state index < -0.39 is 0 Å². The van der Waals surface area contributed by atoms with Crippen LogP contribution in [0.1, 0.15) is 51.7 Å². The van der Waals surface area contributed by atoms with Crippen LogP contribution in [-0.4, -0.2) is 47.1 Å². The lowest BCUT2D eigenvalue weighted by Gasteiger charge is -2.20. The molecule has 0 aliphatic rings. The van der Waals surface area contributed by atoms with Crippen molar-refractivity contribution in [2.45, 2.75) is 58.9 Å². The third-order valence-corrected chi connectivity index (χ3v) is 3.38. The van der Waals surface area contributed by atoms with Crippen LogP contribution in [0.25, 0.3) is 0 Å². The molecule has 1 rings (SSSR count). The number of aryl methyl sites for hydroxylation is 1. The van der Waals surface area contributed by atoms with Crippen LogP contribution in [0, 0.1) is 0 Å². The molecule has 128 valence electrons. The van der Waals surface area contributed by atoms with Gasteiger partial charge in [-0.05, 0) is 26.8 Å². The Morgan fingerprint density at radius 3 is 2.50 bits per heavy atom. The minimum absolute atomic E-state index is 0. The van der Waals surface area contributed by atoms with E-state index in [-0.39, 0.29) is 18.3 Å². The van der Waals surface area contributed by atoms with Gasteiger partial charge in [-0.3, -0.25) is 4.79 Å². The molecule has 0 saturated heterocycles. The van der Waals surface area contributed by atoms with E-state index in [2.05, 4.69) is 36.2 Å². The average Bonchev–Trinajstić information content (AvgIpc) is 2.92. The Morgan fingerprint density at radius 2 is 1.95 bits per heavy atom. The van der Waals surface area contributed by atoms with Crippen molar-refractivity contribution in [2.24, 2.45) is 0 Å². The van der Waals surface area contributed by atoms with Crippen molar-refractivity contribution in [1.82, 2.24) is 20.4 Å². The second-order valence-corrected chi connectivity index (χ2v) is 5.38. The number of hydrogen-bond acceptors (Lipinski definition) is 5. The zero-order valence-corrected chi connectivity index (χ0v) is 14.9. The van der Waals surface area contributed by atoms with Crippen LogP contribution in [0.3, 0.4) is 0 Å². The molecule has 1 N–H and O–H groups in total. The molecular weight excluding hydrogens is 304 g/mol. The van der Waals surface area contributed by atoms with E-state index in [1.807, 2.05) is 11.9 Å². The quantitative estimate of drug-likeness (QED) is 0.711. The maximum absolute atomic E-state index is 12.2. The van der Waals surface area contributed by atoms with E-state index >= 15 is 0 Å². The van der Waals surface area contributed by atoms with Crippen LogP contribution in [-0.2, 0) is 17.6 Å². The summed E-state index contributed by atoms with van der Waals surface area (Å²) in [5.74, 6) is 1.41. The van der Waals surface area contributed by atoms with Crippen molar-refractivity contribution in [2.75, 3.05) is 20.1 Å². The molecule has 0 spiro atoms. The van der Waals surface area contributed by atoms with E-state index in [0.717, 1.165) is 32.4 Å². The Hall–Kier alpha value is -1.14. The van der Waals surface area contributed by atoms with Gasteiger partial charge in [0.25, 0.3) is 0 Å². The maximum Gasteiger partial charge on any atom is 0.227 e. The molecule has 0 aliphatic heterocycles. The average molecular weight is 333 g/mol. The highest BCUT2D eigenvalue weighted by molar-refractivity contribution is 5.85. The number of hydrogen-bond donors (Lipinski definition) is 1. The number of amides is 1. The van der Waals surface area contributed by atoms with Gasteiger partial charge in [0.05, 0.1) is 0 Å². The SMILES string of the molecule is CCCN(CCC)C(=O)CCc1nc(CC(C)NC)no1.Cl. The van der Waals surface area contributed by atoms with E-state index in [1.165, 1.54) is 0 Å². The number of nitrogens with one attached hydrogen (secondary N) is 1. The first-order chi connectivity index (χ1) is 10.1. The van der Waals surface area contributed by atoms with Crippen molar-refractivity contribution < 1.29 is 9.32 Å². The fourth-order valence-corrected chi connectivity index (χ4v) is 2.12. The number of halogens is 1. The molecule has 22 heavy (non-hydrogen) atoms. The predicted molar refractivity (Wildman–Crippen MR) is 89.3 cm³/mol. The molecule has 0 bridgehead atoms. The fourth-order valence-electron chi connectivity index (χ4n) is 2.12. The van der Waals surface area contributed by atoms with Gasteiger partial charge in [-0.15, -0.1) is 12.4 Å². The van der Waals surface area contributed by atoms with Gasteiger partial charge in [-0.1, -0.05) is 19.0 Å².